The van der Waals surface area contributed by atoms with E-state index >= 15 is 0 Å². The maximum atomic E-state index is 12.1. The second kappa shape index (κ2) is 8.00. The van der Waals surface area contributed by atoms with Gasteiger partial charge in [0.1, 0.15) is 5.75 Å². The molecule has 0 heterocycles. The van der Waals surface area contributed by atoms with E-state index in [1.807, 2.05) is 24.3 Å². The third-order valence-corrected chi connectivity index (χ3v) is 4.50. The van der Waals surface area contributed by atoms with E-state index in [0.717, 1.165) is 30.7 Å². The van der Waals surface area contributed by atoms with Gasteiger partial charge < -0.3 is 10.1 Å². The number of nitrogens with one attached hydrogen (secondary N) is 1. The number of aryl methyl sites for hydroxylation is 2. The Kier molecular flexibility index (Phi) is 5.52. The number of anilines is 1. The molecule has 24 heavy (non-hydrogen) atoms. The number of ether oxygens (including phenoxy) is 1. The zero-order valence-corrected chi connectivity index (χ0v) is 14.3. The number of amides is 1. The average molecular weight is 323 g/mol. The molecule has 1 amide bonds. The van der Waals surface area contributed by atoms with Crippen LogP contribution in [0.2, 0.25) is 0 Å². The first kappa shape index (κ1) is 16.6. The van der Waals surface area contributed by atoms with E-state index in [0.29, 0.717) is 12.5 Å². The Labute approximate surface area is 144 Å². The molecule has 1 aliphatic rings. The number of carbonyl (C=O) groups is 1. The fourth-order valence-corrected chi connectivity index (χ4v) is 3.05. The largest absolute Gasteiger partial charge is 0.490 e. The molecule has 0 spiro atoms. The predicted molar refractivity (Wildman–Crippen MR) is 97.5 cm³/mol. The number of hydrogen-bond acceptors (Lipinski definition) is 2. The molecule has 2 aromatic carbocycles. The van der Waals surface area contributed by atoms with Crippen LogP contribution in [0, 0.1) is 6.92 Å². The SMILES string of the molecule is Cc1ccc(CCC(=O)Nc2ccc(OC3CCCC3)cc2)cc1. The Morgan fingerprint density at radius 2 is 1.71 bits per heavy atom. The molecule has 0 saturated heterocycles. The standard InChI is InChI=1S/C21H25NO2/c1-16-6-8-17(9-7-16)10-15-21(23)22-18-11-13-20(14-12-18)24-19-4-2-3-5-19/h6-9,11-14,19H,2-5,10,15H2,1H3,(H,22,23). The summed E-state index contributed by atoms with van der Waals surface area (Å²) in [6.45, 7) is 2.07. The van der Waals surface area contributed by atoms with Crippen molar-refractivity contribution in [1.29, 1.82) is 0 Å². The van der Waals surface area contributed by atoms with E-state index in [4.69, 9.17) is 4.74 Å². The molecule has 2 aromatic rings. The number of carbonyl (C=O) groups excluding carboxylic acids is 1. The zero-order valence-electron chi connectivity index (χ0n) is 14.3. The zero-order chi connectivity index (χ0) is 16.8. The van der Waals surface area contributed by atoms with Gasteiger partial charge in [0, 0.05) is 12.1 Å². The van der Waals surface area contributed by atoms with Crippen molar-refractivity contribution in [3.05, 3.63) is 59.7 Å². The summed E-state index contributed by atoms with van der Waals surface area (Å²) in [5.41, 5.74) is 3.25. The molecule has 1 fully saturated rings. The summed E-state index contributed by atoms with van der Waals surface area (Å²) in [4.78, 5) is 12.1. The van der Waals surface area contributed by atoms with Gasteiger partial charge in [0.2, 0.25) is 5.91 Å². The second-order valence-electron chi connectivity index (χ2n) is 6.58. The molecule has 1 N–H and O–H groups in total. The van der Waals surface area contributed by atoms with Crippen molar-refractivity contribution in [2.75, 3.05) is 5.32 Å². The van der Waals surface area contributed by atoms with Crippen LogP contribution in [0.3, 0.4) is 0 Å². The van der Waals surface area contributed by atoms with E-state index in [1.165, 1.54) is 24.0 Å². The Balaban J connectivity index is 1.46. The van der Waals surface area contributed by atoms with Crippen molar-refractivity contribution in [1.82, 2.24) is 0 Å². The van der Waals surface area contributed by atoms with Crippen molar-refractivity contribution < 1.29 is 9.53 Å². The minimum absolute atomic E-state index is 0.0417. The van der Waals surface area contributed by atoms with Crippen molar-refractivity contribution in [2.24, 2.45) is 0 Å². The van der Waals surface area contributed by atoms with E-state index in [1.54, 1.807) is 0 Å². The first-order valence-corrected chi connectivity index (χ1v) is 8.81. The monoisotopic (exact) mass is 323 g/mol. The Morgan fingerprint density at radius 3 is 2.38 bits per heavy atom. The van der Waals surface area contributed by atoms with E-state index in [2.05, 4.69) is 36.5 Å². The number of rotatable bonds is 6. The highest BCUT2D eigenvalue weighted by atomic mass is 16.5. The van der Waals surface area contributed by atoms with Crippen LogP contribution in [-0.4, -0.2) is 12.0 Å². The van der Waals surface area contributed by atoms with Gasteiger partial charge in [0.15, 0.2) is 0 Å². The van der Waals surface area contributed by atoms with E-state index in [9.17, 15) is 4.79 Å². The Bertz CT molecular complexity index is 655. The van der Waals surface area contributed by atoms with Crippen LogP contribution < -0.4 is 10.1 Å². The highest BCUT2D eigenvalue weighted by Gasteiger charge is 2.16. The second-order valence-corrected chi connectivity index (χ2v) is 6.58. The summed E-state index contributed by atoms with van der Waals surface area (Å²) < 4.78 is 5.94. The van der Waals surface area contributed by atoms with Crippen molar-refractivity contribution in [2.45, 2.75) is 51.6 Å². The highest BCUT2D eigenvalue weighted by Crippen LogP contribution is 2.25. The lowest BCUT2D eigenvalue weighted by Crippen LogP contribution is -2.13. The minimum Gasteiger partial charge on any atom is -0.490 e. The topological polar surface area (TPSA) is 38.3 Å². The van der Waals surface area contributed by atoms with Crippen LogP contribution >= 0.6 is 0 Å². The molecule has 0 radical (unpaired) electrons. The smallest absolute Gasteiger partial charge is 0.224 e. The molecule has 3 heteroatoms. The van der Waals surface area contributed by atoms with Crippen LogP contribution in [0.5, 0.6) is 5.75 Å². The quantitative estimate of drug-likeness (QED) is 0.822. The third kappa shape index (κ3) is 4.85. The van der Waals surface area contributed by atoms with Gasteiger partial charge in [-0.25, -0.2) is 0 Å². The molecule has 3 rings (SSSR count). The van der Waals surface area contributed by atoms with E-state index < -0.39 is 0 Å². The summed E-state index contributed by atoms with van der Waals surface area (Å²) in [6, 6.07) is 16.0. The molecule has 1 saturated carbocycles. The Morgan fingerprint density at radius 1 is 1.04 bits per heavy atom. The van der Waals surface area contributed by atoms with Gasteiger partial charge in [-0.3, -0.25) is 4.79 Å². The third-order valence-electron chi connectivity index (χ3n) is 4.50. The summed E-state index contributed by atoms with van der Waals surface area (Å²) in [7, 11) is 0. The predicted octanol–water partition coefficient (Wildman–Crippen LogP) is 4.89. The molecule has 0 aliphatic heterocycles. The molecule has 3 nitrogen and oxygen atoms in total. The van der Waals surface area contributed by atoms with Crippen molar-refractivity contribution in [3.8, 4) is 5.75 Å². The molecule has 0 bridgehead atoms. The van der Waals surface area contributed by atoms with Gasteiger partial charge in [-0.15, -0.1) is 0 Å². The maximum Gasteiger partial charge on any atom is 0.224 e. The summed E-state index contributed by atoms with van der Waals surface area (Å²) >= 11 is 0. The summed E-state index contributed by atoms with van der Waals surface area (Å²) in [5, 5.41) is 2.95. The molecular formula is C21H25NO2. The lowest BCUT2D eigenvalue weighted by atomic mass is 10.1. The lowest BCUT2D eigenvalue weighted by molar-refractivity contribution is -0.116. The van der Waals surface area contributed by atoms with Crippen molar-refractivity contribution in [3.63, 3.8) is 0 Å². The molecule has 1 aliphatic carbocycles. The average Bonchev–Trinajstić information content (AvgIpc) is 3.09. The van der Waals surface area contributed by atoms with Gasteiger partial charge in [-0.05, 0) is 68.9 Å². The lowest BCUT2D eigenvalue weighted by Gasteiger charge is -2.13. The number of benzene rings is 2. The van der Waals surface area contributed by atoms with Crippen LogP contribution in [0.25, 0.3) is 0 Å². The maximum absolute atomic E-state index is 12.1. The van der Waals surface area contributed by atoms with Crippen LogP contribution in [0.4, 0.5) is 5.69 Å². The summed E-state index contributed by atoms with van der Waals surface area (Å²) in [6.07, 6.45) is 6.44. The first-order valence-electron chi connectivity index (χ1n) is 8.81. The summed E-state index contributed by atoms with van der Waals surface area (Å²) in [5.74, 6) is 0.930. The van der Waals surface area contributed by atoms with E-state index in [-0.39, 0.29) is 5.91 Å². The van der Waals surface area contributed by atoms with Gasteiger partial charge in [-0.2, -0.15) is 0 Å². The minimum atomic E-state index is 0.0417. The highest BCUT2D eigenvalue weighted by molar-refractivity contribution is 5.90. The molecule has 126 valence electrons. The molecule has 0 unspecified atom stereocenters. The fourth-order valence-electron chi connectivity index (χ4n) is 3.05. The van der Waals surface area contributed by atoms with Crippen LogP contribution in [0.1, 0.15) is 43.2 Å². The molecular weight excluding hydrogens is 298 g/mol. The molecule has 0 aromatic heterocycles. The van der Waals surface area contributed by atoms with Gasteiger partial charge in [-0.1, -0.05) is 29.8 Å². The van der Waals surface area contributed by atoms with Crippen molar-refractivity contribution >= 4 is 11.6 Å². The normalized spacial score (nSPS) is 14.5. The number of hydrogen-bond donors (Lipinski definition) is 1. The molecule has 0 atom stereocenters. The fraction of sp³-hybridized carbons (Fsp3) is 0.381. The van der Waals surface area contributed by atoms with Crippen LogP contribution in [-0.2, 0) is 11.2 Å². The van der Waals surface area contributed by atoms with Gasteiger partial charge in [0.05, 0.1) is 6.10 Å². The van der Waals surface area contributed by atoms with Gasteiger partial charge in [0.25, 0.3) is 0 Å². The van der Waals surface area contributed by atoms with Gasteiger partial charge >= 0.3 is 0 Å². The first-order chi connectivity index (χ1) is 11.7. The van der Waals surface area contributed by atoms with Crippen LogP contribution in [0.15, 0.2) is 48.5 Å². The Hall–Kier alpha value is -2.29.